The van der Waals surface area contributed by atoms with Crippen LogP contribution in [0.1, 0.15) is 24.0 Å². The van der Waals surface area contributed by atoms with Gasteiger partial charge in [-0.3, -0.25) is 0 Å². The van der Waals surface area contributed by atoms with Crippen molar-refractivity contribution in [3.8, 4) is 11.1 Å². The van der Waals surface area contributed by atoms with Crippen LogP contribution in [0.2, 0.25) is 0 Å². The van der Waals surface area contributed by atoms with Crippen LogP contribution in [0.3, 0.4) is 0 Å². The quantitative estimate of drug-likeness (QED) is 0.850. The van der Waals surface area contributed by atoms with Crippen molar-refractivity contribution < 1.29 is 0 Å². The second kappa shape index (κ2) is 4.95. The van der Waals surface area contributed by atoms with Gasteiger partial charge in [0.25, 0.3) is 0 Å². The van der Waals surface area contributed by atoms with E-state index in [1.807, 2.05) is 0 Å². The van der Waals surface area contributed by atoms with E-state index in [0.717, 1.165) is 12.6 Å². The summed E-state index contributed by atoms with van der Waals surface area (Å²) in [6.45, 7) is 3.13. The molecule has 0 spiro atoms. The van der Waals surface area contributed by atoms with Crippen LogP contribution in [0.25, 0.3) is 11.1 Å². The molecule has 3 rings (SSSR count). The zero-order valence-electron chi connectivity index (χ0n) is 10.8. The summed E-state index contributed by atoms with van der Waals surface area (Å²) in [5.74, 6) is 0. The summed E-state index contributed by atoms with van der Waals surface area (Å²) < 4.78 is 0. The lowest BCUT2D eigenvalue weighted by molar-refractivity contribution is 0.688. The van der Waals surface area contributed by atoms with Gasteiger partial charge in [0.15, 0.2) is 0 Å². The monoisotopic (exact) mass is 237 g/mol. The first-order chi connectivity index (χ1) is 8.81. The lowest BCUT2D eigenvalue weighted by atomic mass is 10.0. The first-order valence-electron chi connectivity index (χ1n) is 6.71. The molecule has 1 N–H and O–H groups in total. The van der Waals surface area contributed by atoms with Crippen LogP contribution in [-0.4, -0.2) is 6.04 Å². The smallest absolute Gasteiger partial charge is 0.0208 e. The van der Waals surface area contributed by atoms with Crippen LogP contribution in [0.5, 0.6) is 0 Å². The minimum atomic E-state index is 0.771. The van der Waals surface area contributed by atoms with E-state index >= 15 is 0 Å². The SMILES string of the molecule is Cc1cccc(-c2cccc(CNC3CC3)c2)c1. The van der Waals surface area contributed by atoms with Crippen molar-refractivity contribution in [2.24, 2.45) is 0 Å². The molecular formula is C17H19N. The second-order valence-electron chi connectivity index (χ2n) is 5.23. The molecule has 0 amide bonds. The molecule has 1 aliphatic rings. The standard InChI is InChI=1S/C17H19N/c1-13-4-2-6-15(10-13)16-7-3-5-14(11-16)12-18-17-8-9-17/h2-7,10-11,17-18H,8-9,12H2,1H3. The average Bonchev–Trinajstić information content (AvgIpc) is 3.21. The molecule has 1 saturated carbocycles. The highest BCUT2D eigenvalue weighted by Gasteiger charge is 2.19. The molecule has 0 heterocycles. The van der Waals surface area contributed by atoms with E-state index in [4.69, 9.17) is 0 Å². The molecular weight excluding hydrogens is 218 g/mol. The number of hydrogen-bond donors (Lipinski definition) is 1. The van der Waals surface area contributed by atoms with E-state index in [1.54, 1.807) is 0 Å². The van der Waals surface area contributed by atoms with E-state index < -0.39 is 0 Å². The first kappa shape index (κ1) is 11.5. The van der Waals surface area contributed by atoms with Crippen molar-refractivity contribution in [3.63, 3.8) is 0 Å². The molecule has 1 fully saturated rings. The van der Waals surface area contributed by atoms with Crippen LogP contribution in [0.4, 0.5) is 0 Å². The minimum absolute atomic E-state index is 0.771. The molecule has 1 heteroatoms. The Balaban J connectivity index is 1.80. The fourth-order valence-corrected chi connectivity index (χ4v) is 2.24. The van der Waals surface area contributed by atoms with Gasteiger partial charge in [0, 0.05) is 12.6 Å². The van der Waals surface area contributed by atoms with Gasteiger partial charge >= 0.3 is 0 Å². The maximum absolute atomic E-state index is 3.56. The Bertz CT molecular complexity index is 541. The fourth-order valence-electron chi connectivity index (χ4n) is 2.24. The van der Waals surface area contributed by atoms with Crippen molar-refractivity contribution in [1.82, 2.24) is 5.32 Å². The van der Waals surface area contributed by atoms with E-state index in [2.05, 4.69) is 60.8 Å². The third-order valence-corrected chi connectivity index (χ3v) is 3.45. The van der Waals surface area contributed by atoms with Crippen molar-refractivity contribution in [3.05, 3.63) is 59.7 Å². The van der Waals surface area contributed by atoms with Gasteiger partial charge in [-0.1, -0.05) is 48.0 Å². The molecule has 0 saturated heterocycles. The summed E-state index contributed by atoms with van der Waals surface area (Å²) in [6.07, 6.45) is 2.69. The van der Waals surface area contributed by atoms with Gasteiger partial charge in [-0.2, -0.15) is 0 Å². The zero-order valence-corrected chi connectivity index (χ0v) is 10.8. The van der Waals surface area contributed by atoms with Gasteiger partial charge in [-0.05, 0) is 42.5 Å². The Hall–Kier alpha value is -1.60. The first-order valence-corrected chi connectivity index (χ1v) is 6.71. The van der Waals surface area contributed by atoms with Crippen molar-refractivity contribution in [2.75, 3.05) is 0 Å². The molecule has 0 atom stereocenters. The van der Waals surface area contributed by atoms with Crippen molar-refractivity contribution in [1.29, 1.82) is 0 Å². The van der Waals surface area contributed by atoms with Crippen LogP contribution >= 0.6 is 0 Å². The van der Waals surface area contributed by atoms with Gasteiger partial charge in [0.1, 0.15) is 0 Å². The molecule has 18 heavy (non-hydrogen) atoms. The van der Waals surface area contributed by atoms with E-state index in [9.17, 15) is 0 Å². The summed E-state index contributed by atoms with van der Waals surface area (Å²) in [7, 11) is 0. The van der Waals surface area contributed by atoms with Gasteiger partial charge in [-0.15, -0.1) is 0 Å². The molecule has 1 aliphatic carbocycles. The summed E-state index contributed by atoms with van der Waals surface area (Å²) in [4.78, 5) is 0. The number of nitrogens with one attached hydrogen (secondary N) is 1. The van der Waals surface area contributed by atoms with Crippen molar-refractivity contribution in [2.45, 2.75) is 32.4 Å². The minimum Gasteiger partial charge on any atom is -0.310 e. The van der Waals surface area contributed by atoms with E-state index in [-0.39, 0.29) is 0 Å². The molecule has 0 aliphatic heterocycles. The molecule has 0 radical (unpaired) electrons. The lowest BCUT2D eigenvalue weighted by Gasteiger charge is -2.07. The molecule has 0 unspecified atom stereocenters. The molecule has 2 aromatic carbocycles. The Morgan fingerprint density at radius 3 is 2.44 bits per heavy atom. The zero-order chi connectivity index (χ0) is 12.4. The molecule has 0 aromatic heterocycles. The Morgan fingerprint density at radius 1 is 1.00 bits per heavy atom. The maximum atomic E-state index is 3.56. The highest BCUT2D eigenvalue weighted by Crippen LogP contribution is 2.23. The van der Waals surface area contributed by atoms with Crippen LogP contribution in [0.15, 0.2) is 48.5 Å². The average molecular weight is 237 g/mol. The highest BCUT2D eigenvalue weighted by molar-refractivity contribution is 5.64. The van der Waals surface area contributed by atoms with Gasteiger partial charge in [0.2, 0.25) is 0 Å². The van der Waals surface area contributed by atoms with Crippen molar-refractivity contribution >= 4 is 0 Å². The summed E-state index contributed by atoms with van der Waals surface area (Å²) >= 11 is 0. The summed E-state index contributed by atoms with van der Waals surface area (Å²) in [5, 5.41) is 3.56. The predicted molar refractivity (Wildman–Crippen MR) is 76.5 cm³/mol. The molecule has 0 bridgehead atoms. The molecule has 92 valence electrons. The van der Waals surface area contributed by atoms with Crippen LogP contribution < -0.4 is 5.32 Å². The number of rotatable bonds is 4. The second-order valence-corrected chi connectivity index (χ2v) is 5.23. The van der Waals surface area contributed by atoms with Crippen LogP contribution in [-0.2, 0) is 6.54 Å². The number of hydrogen-bond acceptors (Lipinski definition) is 1. The van der Waals surface area contributed by atoms with E-state index in [1.165, 1.54) is 35.1 Å². The predicted octanol–water partition coefficient (Wildman–Crippen LogP) is 3.91. The molecule has 2 aromatic rings. The third kappa shape index (κ3) is 2.80. The normalized spacial score (nSPS) is 14.7. The van der Waals surface area contributed by atoms with Gasteiger partial charge in [0.05, 0.1) is 0 Å². The molecule has 1 nitrogen and oxygen atoms in total. The maximum Gasteiger partial charge on any atom is 0.0208 e. The summed E-state index contributed by atoms with van der Waals surface area (Å²) in [6, 6.07) is 18.3. The Morgan fingerprint density at radius 2 is 1.72 bits per heavy atom. The van der Waals surface area contributed by atoms with Gasteiger partial charge in [-0.25, -0.2) is 0 Å². The highest BCUT2D eigenvalue weighted by atomic mass is 14.9. The Labute approximate surface area is 109 Å². The fraction of sp³-hybridized carbons (Fsp3) is 0.294. The number of benzene rings is 2. The lowest BCUT2D eigenvalue weighted by Crippen LogP contribution is -2.15. The largest absolute Gasteiger partial charge is 0.310 e. The van der Waals surface area contributed by atoms with Gasteiger partial charge < -0.3 is 5.32 Å². The van der Waals surface area contributed by atoms with Crippen LogP contribution in [0, 0.1) is 6.92 Å². The summed E-state index contributed by atoms with van der Waals surface area (Å²) in [5.41, 5.74) is 5.31. The Kier molecular flexibility index (Phi) is 3.16. The third-order valence-electron chi connectivity index (χ3n) is 3.45. The topological polar surface area (TPSA) is 12.0 Å². The van der Waals surface area contributed by atoms with E-state index in [0.29, 0.717) is 0 Å². The number of aryl methyl sites for hydroxylation is 1.